The molecule has 7 heterocycles. The highest BCUT2D eigenvalue weighted by Crippen LogP contribution is 2.40. The molecule has 236 valence electrons. The van der Waals surface area contributed by atoms with Gasteiger partial charge in [0, 0.05) is 60.8 Å². The van der Waals surface area contributed by atoms with Crippen LogP contribution in [0.5, 0.6) is 5.75 Å². The standard InChI is InChI=1S/C35H38N8O3/c1-41-32-26(15-21(17-30(32)46-2)35(45)43-22-9-11-28(43)24(36)18-22)40-34(41)29-16-20-8-10-25-23-12-13-37-19-27(23)38-31(44)7-5-3-4-6-14-42(29)33(20)39-25/h8,10,12-13,15-17,19,22,24,28H,3-7,9,11,14,18,36H2,1-2H3,(H,38,44)/t22-,24+,28+/m0/s1. The van der Waals surface area contributed by atoms with Crippen molar-refractivity contribution in [1.29, 1.82) is 0 Å². The van der Waals surface area contributed by atoms with Gasteiger partial charge in [0.25, 0.3) is 5.91 Å². The zero-order chi connectivity index (χ0) is 31.5. The Labute approximate surface area is 266 Å². The molecule has 2 amide bonds. The largest absolute Gasteiger partial charge is 0.494 e. The van der Waals surface area contributed by atoms with Crippen molar-refractivity contribution in [1.82, 2.24) is 29.0 Å². The zero-order valence-electron chi connectivity index (χ0n) is 26.2. The van der Waals surface area contributed by atoms with Gasteiger partial charge in [0.15, 0.2) is 5.82 Å². The van der Waals surface area contributed by atoms with Crippen molar-refractivity contribution in [3.8, 4) is 28.5 Å². The molecule has 0 saturated carbocycles. The van der Waals surface area contributed by atoms with E-state index in [0.717, 1.165) is 90.8 Å². The summed E-state index contributed by atoms with van der Waals surface area (Å²) >= 11 is 0. The predicted molar refractivity (Wildman–Crippen MR) is 177 cm³/mol. The number of nitrogens with zero attached hydrogens (tertiary/aromatic N) is 6. The van der Waals surface area contributed by atoms with Gasteiger partial charge in [0.2, 0.25) is 5.91 Å². The minimum absolute atomic E-state index is 0.00137. The normalized spacial score (nSPS) is 21.5. The predicted octanol–water partition coefficient (Wildman–Crippen LogP) is 5.27. The van der Waals surface area contributed by atoms with Crippen molar-refractivity contribution in [2.24, 2.45) is 12.8 Å². The first kappa shape index (κ1) is 28.7. The number of nitrogens with two attached hydrogens (primary N) is 1. The Morgan fingerprint density at radius 1 is 1.07 bits per heavy atom. The van der Waals surface area contributed by atoms with E-state index in [0.29, 0.717) is 28.9 Å². The van der Waals surface area contributed by atoms with Crippen LogP contribution < -0.4 is 15.8 Å². The maximum absolute atomic E-state index is 13.8. The van der Waals surface area contributed by atoms with E-state index in [9.17, 15) is 9.59 Å². The zero-order valence-corrected chi connectivity index (χ0v) is 26.2. The SMILES string of the molecule is COc1cc(C(=O)N2[C@H]3CC[C@@H]2[C@H](N)C3)cc2nc(-c3cc4ccc5nc4n3CCCCCCC(=O)Nc3cnccc3-5)n(C)c12. The molecule has 4 aromatic heterocycles. The Morgan fingerprint density at radius 2 is 1.93 bits per heavy atom. The third kappa shape index (κ3) is 4.63. The number of aromatic nitrogens is 5. The second kappa shape index (κ2) is 11.2. The molecule has 2 saturated heterocycles. The van der Waals surface area contributed by atoms with Crippen molar-refractivity contribution in [2.45, 2.75) is 76.0 Å². The molecule has 11 heteroatoms. The van der Waals surface area contributed by atoms with E-state index < -0.39 is 0 Å². The minimum atomic E-state index is -0.00320. The van der Waals surface area contributed by atoms with E-state index in [1.54, 1.807) is 19.5 Å². The fraction of sp³-hybridized carbons (Fsp3) is 0.400. The molecule has 8 rings (SSSR count). The van der Waals surface area contributed by atoms with E-state index in [1.807, 2.05) is 36.2 Å². The van der Waals surface area contributed by atoms with Crippen LogP contribution >= 0.6 is 0 Å². The molecule has 2 fully saturated rings. The lowest BCUT2D eigenvalue weighted by atomic mass is 9.97. The van der Waals surface area contributed by atoms with E-state index in [1.165, 1.54) is 0 Å². The van der Waals surface area contributed by atoms with Crippen molar-refractivity contribution >= 4 is 39.6 Å². The van der Waals surface area contributed by atoms with Crippen LogP contribution in [0.15, 0.2) is 48.8 Å². The number of hydrogen-bond acceptors (Lipinski definition) is 7. The van der Waals surface area contributed by atoms with E-state index in [4.69, 9.17) is 20.4 Å². The quantitative estimate of drug-likeness (QED) is 0.282. The topological polar surface area (TPSA) is 133 Å². The van der Waals surface area contributed by atoms with Gasteiger partial charge in [-0.05, 0) is 68.5 Å². The molecule has 0 radical (unpaired) electrons. The maximum atomic E-state index is 13.8. The summed E-state index contributed by atoms with van der Waals surface area (Å²) in [5, 5.41) is 4.05. The van der Waals surface area contributed by atoms with Crippen LogP contribution in [0.25, 0.3) is 44.8 Å². The molecule has 1 aromatic carbocycles. The van der Waals surface area contributed by atoms with Gasteiger partial charge >= 0.3 is 0 Å². The molecule has 3 aliphatic heterocycles. The summed E-state index contributed by atoms with van der Waals surface area (Å²) in [6, 6.07) is 12.2. The molecule has 0 spiro atoms. The Bertz CT molecular complexity index is 2010. The molecular formula is C35H38N8O3. The summed E-state index contributed by atoms with van der Waals surface area (Å²) in [6.45, 7) is 0.757. The van der Waals surface area contributed by atoms with Crippen LogP contribution in [0, 0.1) is 0 Å². The van der Waals surface area contributed by atoms with Gasteiger partial charge in [-0.1, -0.05) is 12.8 Å². The van der Waals surface area contributed by atoms with E-state index in [-0.39, 0.29) is 29.9 Å². The van der Waals surface area contributed by atoms with Gasteiger partial charge in [-0.15, -0.1) is 0 Å². The molecule has 4 bridgehead atoms. The molecule has 3 atom stereocenters. The maximum Gasteiger partial charge on any atom is 0.254 e. The van der Waals surface area contributed by atoms with E-state index >= 15 is 0 Å². The number of hydrogen-bond donors (Lipinski definition) is 2. The Balaban J connectivity index is 1.25. The first-order valence-electron chi connectivity index (χ1n) is 16.3. The summed E-state index contributed by atoms with van der Waals surface area (Å²) in [7, 11) is 3.63. The van der Waals surface area contributed by atoms with Gasteiger partial charge in [-0.25, -0.2) is 9.97 Å². The number of benzene rings is 1. The third-order valence-electron chi connectivity index (χ3n) is 10.1. The number of carbonyl (C=O) groups excluding carboxylic acids is 2. The first-order valence-corrected chi connectivity index (χ1v) is 16.3. The molecule has 0 unspecified atom stereocenters. The highest BCUT2D eigenvalue weighted by molar-refractivity contribution is 6.01. The number of ether oxygens (including phenoxy) is 1. The molecule has 3 aliphatic rings. The highest BCUT2D eigenvalue weighted by Gasteiger charge is 2.47. The van der Waals surface area contributed by atoms with Crippen molar-refractivity contribution in [3.05, 3.63) is 54.4 Å². The summed E-state index contributed by atoms with van der Waals surface area (Å²) in [5.74, 6) is 1.39. The fourth-order valence-electron chi connectivity index (χ4n) is 7.85. The first-order chi connectivity index (χ1) is 22.4. The lowest BCUT2D eigenvalue weighted by molar-refractivity contribution is -0.116. The van der Waals surface area contributed by atoms with Gasteiger partial charge in [-0.3, -0.25) is 14.6 Å². The van der Waals surface area contributed by atoms with Crippen LogP contribution in [0.4, 0.5) is 5.69 Å². The number of aryl methyl sites for hydroxylation is 2. The van der Waals surface area contributed by atoms with Crippen LogP contribution in [0.3, 0.4) is 0 Å². The average molecular weight is 619 g/mol. The molecule has 5 aromatic rings. The Morgan fingerprint density at radius 3 is 2.74 bits per heavy atom. The number of amides is 2. The number of nitrogens with one attached hydrogen (secondary N) is 1. The number of imidazole rings is 1. The number of carbonyl (C=O) groups is 2. The average Bonchev–Trinajstić information content (AvgIpc) is 3.81. The number of pyridine rings is 2. The highest BCUT2D eigenvalue weighted by atomic mass is 16.5. The molecule has 11 nitrogen and oxygen atoms in total. The molecular weight excluding hydrogens is 580 g/mol. The van der Waals surface area contributed by atoms with Crippen LogP contribution in [0.2, 0.25) is 0 Å². The van der Waals surface area contributed by atoms with Gasteiger partial charge < -0.3 is 29.8 Å². The van der Waals surface area contributed by atoms with Crippen LogP contribution in [-0.4, -0.2) is 66.0 Å². The smallest absolute Gasteiger partial charge is 0.254 e. The van der Waals surface area contributed by atoms with Gasteiger partial charge in [0.05, 0.1) is 35.9 Å². The monoisotopic (exact) mass is 618 g/mol. The second-order valence-corrected chi connectivity index (χ2v) is 12.9. The Hall–Kier alpha value is -4.77. The molecule has 46 heavy (non-hydrogen) atoms. The summed E-state index contributed by atoms with van der Waals surface area (Å²) in [5.41, 5.74) is 12.5. The van der Waals surface area contributed by atoms with Crippen molar-refractivity contribution in [2.75, 3.05) is 12.4 Å². The third-order valence-corrected chi connectivity index (χ3v) is 10.1. The van der Waals surface area contributed by atoms with Crippen LogP contribution in [0.1, 0.15) is 61.7 Å². The van der Waals surface area contributed by atoms with E-state index in [2.05, 4.69) is 31.6 Å². The minimum Gasteiger partial charge on any atom is -0.494 e. The number of methoxy groups -OCH3 is 1. The Kier molecular flexibility index (Phi) is 7.01. The summed E-state index contributed by atoms with van der Waals surface area (Å²) in [4.78, 5) is 43.0. The number of rotatable bonds is 3. The molecule has 0 aliphatic carbocycles. The lowest BCUT2D eigenvalue weighted by Gasteiger charge is -2.23. The molecule has 3 N–H and O–H groups in total. The fourth-order valence-corrected chi connectivity index (χ4v) is 7.85. The van der Waals surface area contributed by atoms with Gasteiger partial charge in [0.1, 0.15) is 16.9 Å². The number of anilines is 1. The van der Waals surface area contributed by atoms with Crippen LogP contribution in [-0.2, 0) is 18.4 Å². The second-order valence-electron chi connectivity index (χ2n) is 12.9. The van der Waals surface area contributed by atoms with Crippen molar-refractivity contribution in [3.63, 3.8) is 0 Å². The lowest BCUT2D eigenvalue weighted by Crippen LogP contribution is -2.40. The summed E-state index contributed by atoms with van der Waals surface area (Å²) < 4.78 is 10.2. The summed E-state index contributed by atoms with van der Waals surface area (Å²) in [6.07, 6.45) is 10.4. The van der Waals surface area contributed by atoms with Crippen molar-refractivity contribution < 1.29 is 14.3 Å². The number of fused-ring (bicyclic) bond motifs is 6. The van der Waals surface area contributed by atoms with Gasteiger partial charge in [-0.2, -0.15) is 0 Å².